The number of carbonyl (C=O) groups is 2. The highest BCUT2D eigenvalue weighted by Crippen LogP contribution is 2.48. The molecule has 5 rings (SSSR count). The van der Waals surface area contributed by atoms with Crippen molar-refractivity contribution in [1.29, 1.82) is 0 Å². The van der Waals surface area contributed by atoms with Gasteiger partial charge in [0.05, 0.1) is 11.1 Å². The molecule has 36 heavy (non-hydrogen) atoms. The van der Waals surface area contributed by atoms with Gasteiger partial charge in [-0.1, -0.05) is 84.0 Å². The first-order valence-corrected chi connectivity index (χ1v) is 12.2. The van der Waals surface area contributed by atoms with Crippen LogP contribution in [0.5, 0.6) is 0 Å². The minimum Gasteiger partial charge on any atom is -0.481 e. The van der Waals surface area contributed by atoms with E-state index in [1.165, 1.54) is 0 Å². The van der Waals surface area contributed by atoms with E-state index in [0.29, 0.717) is 38.0 Å². The Morgan fingerprint density at radius 3 is 2.14 bits per heavy atom. The molecule has 1 saturated carbocycles. The van der Waals surface area contributed by atoms with Crippen molar-refractivity contribution in [2.45, 2.75) is 44.6 Å². The number of carbonyl (C=O) groups excluding carboxylic acids is 1. The average Bonchev–Trinajstić information content (AvgIpc) is 3.65. The predicted octanol–water partition coefficient (Wildman–Crippen LogP) is 5.68. The molecule has 0 bridgehead atoms. The first-order valence-electron chi connectivity index (χ1n) is 12.2. The molecule has 2 N–H and O–H groups in total. The second kappa shape index (κ2) is 9.82. The first kappa shape index (κ1) is 23.5. The number of nitrogens with one attached hydrogen (secondary N) is 1. The lowest BCUT2D eigenvalue weighted by Crippen LogP contribution is -2.23. The summed E-state index contributed by atoms with van der Waals surface area (Å²) in [5.41, 5.74) is 5.85. The second-order valence-corrected chi connectivity index (χ2v) is 9.38. The number of nitrogens with zero attached hydrogens (tertiary/aromatic N) is 1. The Hall–Kier alpha value is -4.19. The monoisotopic (exact) mass is 480 g/mol. The summed E-state index contributed by atoms with van der Waals surface area (Å²) in [5.74, 6) is -0.111. The van der Waals surface area contributed by atoms with E-state index in [-0.39, 0.29) is 5.91 Å². The van der Waals surface area contributed by atoms with Crippen LogP contribution in [-0.2, 0) is 28.0 Å². The summed E-state index contributed by atoms with van der Waals surface area (Å²) in [6.07, 6.45) is 2.51. The third-order valence-corrected chi connectivity index (χ3v) is 7.01. The van der Waals surface area contributed by atoms with Crippen LogP contribution in [0.1, 0.15) is 41.6 Å². The van der Waals surface area contributed by atoms with Crippen molar-refractivity contribution in [1.82, 2.24) is 10.5 Å². The normalized spacial score (nSPS) is 13.8. The van der Waals surface area contributed by atoms with Crippen LogP contribution in [0, 0.1) is 6.92 Å². The van der Waals surface area contributed by atoms with E-state index in [1.807, 2.05) is 85.8 Å². The summed E-state index contributed by atoms with van der Waals surface area (Å²) in [4.78, 5) is 24.0. The molecule has 0 saturated heterocycles. The molecule has 0 atom stereocenters. The van der Waals surface area contributed by atoms with E-state index in [2.05, 4.69) is 10.5 Å². The molecule has 1 aromatic heterocycles. The summed E-state index contributed by atoms with van der Waals surface area (Å²) in [6.45, 7) is 2.23. The Bertz CT molecular complexity index is 1370. The molecule has 0 spiro atoms. The molecule has 3 aromatic carbocycles. The molecule has 1 aliphatic carbocycles. The third-order valence-electron chi connectivity index (χ3n) is 7.01. The lowest BCUT2D eigenvalue weighted by Gasteiger charge is -2.11. The maximum absolute atomic E-state index is 12.4. The summed E-state index contributed by atoms with van der Waals surface area (Å²) in [5, 5.41) is 16.6. The maximum Gasteiger partial charge on any atom is 0.314 e. The quantitative estimate of drug-likeness (QED) is 0.321. The van der Waals surface area contributed by atoms with E-state index in [4.69, 9.17) is 4.52 Å². The number of carboxylic acid groups (broad SMARTS) is 1. The molecule has 1 heterocycles. The zero-order valence-electron chi connectivity index (χ0n) is 20.2. The van der Waals surface area contributed by atoms with Gasteiger partial charge in [-0.3, -0.25) is 9.59 Å². The molecule has 1 aliphatic rings. The van der Waals surface area contributed by atoms with Gasteiger partial charge in [-0.25, -0.2) is 0 Å². The number of aromatic nitrogens is 1. The summed E-state index contributed by atoms with van der Waals surface area (Å²) in [7, 11) is 0. The van der Waals surface area contributed by atoms with E-state index < -0.39 is 11.4 Å². The van der Waals surface area contributed by atoms with Gasteiger partial charge in [0, 0.05) is 24.1 Å². The van der Waals surface area contributed by atoms with Crippen molar-refractivity contribution < 1.29 is 19.2 Å². The van der Waals surface area contributed by atoms with E-state index in [0.717, 1.165) is 39.1 Å². The highest BCUT2D eigenvalue weighted by atomic mass is 16.5. The number of carboxylic acids is 1. The van der Waals surface area contributed by atoms with Gasteiger partial charge in [-0.15, -0.1) is 0 Å². The van der Waals surface area contributed by atoms with Crippen LogP contribution in [0.2, 0.25) is 0 Å². The van der Waals surface area contributed by atoms with Crippen LogP contribution >= 0.6 is 0 Å². The van der Waals surface area contributed by atoms with Crippen molar-refractivity contribution >= 4 is 11.9 Å². The van der Waals surface area contributed by atoms with Crippen LogP contribution in [-0.4, -0.2) is 22.1 Å². The van der Waals surface area contributed by atoms with Crippen LogP contribution < -0.4 is 5.32 Å². The Kier molecular flexibility index (Phi) is 6.42. The summed E-state index contributed by atoms with van der Waals surface area (Å²) < 4.78 is 5.61. The van der Waals surface area contributed by atoms with E-state index >= 15 is 0 Å². The number of benzene rings is 3. The van der Waals surface area contributed by atoms with Crippen LogP contribution in [0.3, 0.4) is 0 Å². The fourth-order valence-corrected chi connectivity index (χ4v) is 4.55. The average molecular weight is 481 g/mol. The van der Waals surface area contributed by atoms with Crippen LogP contribution in [0.4, 0.5) is 0 Å². The number of aryl methyl sites for hydroxylation is 2. The van der Waals surface area contributed by atoms with Crippen molar-refractivity contribution in [2.75, 3.05) is 0 Å². The van der Waals surface area contributed by atoms with Gasteiger partial charge in [0.2, 0.25) is 5.91 Å². The maximum atomic E-state index is 12.4. The highest BCUT2D eigenvalue weighted by molar-refractivity contribution is 5.85. The molecule has 1 amide bonds. The zero-order valence-corrected chi connectivity index (χ0v) is 20.2. The first-order chi connectivity index (χ1) is 17.5. The minimum atomic E-state index is -0.745. The summed E-state index contributed by atoms with van der Waals surface area (Å²) in [6, 6.07) is 25.7. The van der Waals surface area contributed by atoms with Crippen LogP contribution in [0.25, 0.3) is 22.5 Å². The largest absolute Gasteiger partial charge is 0.481 e. The van der Waals surface area contributed by atoms with Gasteiger partial charge in [-0.05, 0) is 48.4 Å². The fourth-order valence-electron chi connectivity index (χ4n) is 4.55. The molecule has 4 aromatic rings. The van der Waals surface area contributed by atoms with Crippen molar-refractivity contribution in [3.05, 3.63) is 101 Å². The van der Waals surface area contributed by atoms with Gasteiger partial charge in [0.1, 0.15) is 0 Å². The molecule has 0 aliphatic heterocycles. The van der Waals surface area contributed by atoms with Gasteiger partial charge < -0.3 is 14.9 Å². The van der Waals surface area contributed by atoms with E-state index in [9.17, 15) is 14.7 Å². The minimum absolute atomic E-state index is 0.0138. The number of hydrogen-bond donors (Lipinski definition) is 2. The molecule has 1 fully saturated rings. The molecular weight excluding hydrogens is 452 g/mol. The van der Waals surface area contributed by atoms with Crippen molar-refractivity contribution in [3.63, 3.8) is 0 Å². The van der Waals surface area contributed by atoms with Crippen molar-refractivity contribution in [2.24, 2.45) is 0 Å². The topological polar surface area (TPSA) is 92.4 Å². The van der Waals surface area contributed by atoms with E-state index in [1.54, 1.807) is 0 Å². The van der Waals surface area contributed by atoms with Gasteiger partial charge in [-0.2, -0.15) is 0 Å². The molecular formula is C30H28N2O4. The predicted molar refractivity (Wildman–Crippen MR) is 137 cm³/mol. The SMILES string of the molecule is Cc1noc(-c2ccc(-c3ccc(C4(C(=O)O)CC4)cc3)cc2)c1CNC(=O)CCc1ccccc1. The summed E-state index contributed by atoms with van der Waals surface area (Å²) >= 11 is 0. The zero-order chi connectivity index (χ0) is 25.1. The molecule has 0 unspecified atom stereocenters. The lowest BCUT2D eigenvalue weighted by molar-refractivity contribution is -0.140. The fraction of sp³-hybridized carbons (Fsp3) is 0.233. The standard InChI is InChI=1S/C30H28N2O4/c1-20-26(19-31-27(33)16-7-21-5-3-2-4-6-21)28(36-32-20)24-10-8-22(9-11-24)23-12-14-25(15-13-23)30(17-18-30)29(34)35/h2-6,8-15H,7,16-19H2,1H3,(H,31,33)(H,34,35). The van der Waals surface area contributed by atoms with Gasteiger partial charge in [0.15, 0.2) is 5.76 Å². The smallest absolute Gasteiger partial charge is 0.314 e. The molecule has 6 heteroatoms. The number of hydrogen-bond acceptors (Lipinski definition) is 4. The van der Waals surface area contributed by atoms with Crippen molar-refractivity contribution in [3.8, 4) is 22.5 Å². The lowest BCUT2D eigenvalue weighted by atomic mass is 9.93. The Balaban J connectivity index is 1.25. The Morgan fingerprint density at radius 2 is 1.53 bits per heavy atom. The second-order valence-electron chi connectivity index (χ2n) is 9.38. The Morgan fingerprint density at radius 1 is 0.917 bits per heavy atom. The molecule has 0 radical (unpaired) electrons. The highest BCUT2D eigenvalue weighted by Gasteiger charge is 2.51. The Labute approximate surface area is 210 Å². The number of amides is 1. The number of aliphatic carboxylic acids is 1. The van der Waals surface area contributed by atoms with Crippen LogP contribution in [0.15, 0.2) is 83.4 Å². The molecule has 6 nitrogen and oxygen atoms in total. The third kappa shape index (κ3) is 4.80. The molecule has 182 valence electrons. The van der Waals surface area contributed by atoms with Gasteiger partial charge in [0.25, 0.3) is 0 Å². The number of rotatable bonds is 9. The van der Waals surface area contributed by atoms with Gasteiger partial charge >= 0.3 is 5.97 Å².